The Kier molecular flexibility index (Phi) is 5.70. The Morgan fingerprint density at radius 3 is 2.47 bits per heavy atom. The first-order valence-corrected chi connectivity index (χ1v) is 12.1. The van der Waals surface area contributed by atoms with E-state index in [1.54, 1.807) is 12.1 Å². The summed E-state index contributed by atoms with van der Waals surface area (Å²) in [5.41, 5.74) is 0.739. The molecule has 0 spiro atoms. The zero-order valence-corrected chi connectivity index (χ0v) is 18.7. The molecule has 1 N–H and O–H groups in total. The normalized spacial score (nSPS) is 15.7. The van der Waals surface area contributed by atoms with Crippen LogP contribution in [-0.4, -0.2) is 50.8 Å². The average Bonchev–Trinajstić information content (AvgIpc) is 3.24. The van der Waals surface area contributed by atoms with Gasteiger partial charge in [0.2, 0.25) is 10.0 Å². The maximum atomic E-state index is 13.5. The molecule has 0 bridgehead atoms. The van der Waals surface area contributed by atoms with Gasteiger partial charge in [-0.25, -0.2) is 26.9 Å². The Morgan fingerprint density at radius 2 is 1.76 bits per heavy atom. The van der Waals surface area contributed by atoms with Crippen molar-refractivity contribution >= 4 is 21.2 Å². The van der Waals surface area contributed by atoms with Crippen molar-refractivity contribution in [3.63, 3.8) is 0 Å². The number of halogens is 2. The molecule has 4 aromatic rings. The van der Waals surface area contributed by atoms with Crippen LogP contribution in [0.5, 0.6) is 0 Å². The lowest BCUT2D eigenvalue weighted by Gasteiger charge is -2.30. The number of aromatic nitrogens is 5. The molecule has 0 aliphatic carbocycles. The highest BCUT2D eigenvalue weighted by atomic mass is 32.2. The number of rotatable bonds is 5. The van der Waals surface area contributed by atoms with Crippen molar-refractivity contribution in [2.24, 2.45) is 0 Å². The fraction of sp³-hybridized carbons (Fsp3) is 0.273. The van der Waals surface area contributed by atoms with Crippen molar-refractivity contribution in [2.45, 2.75) is 30.2 Å². The number of nitrogens with zero attached hydrogens (tertiary/aromatic N) is 5. The molecular weight excluding hydrogens is 466 g/mol. The molecule has 1 aliphatic heterocycles. The fourth-order valence-electron chi connectivity index (χ4n) is 4.09. The summed E-state index contributed by atoms with van der Waals surface area (Å²) in [6.45, 7) is 0.674. The van der Waals surface area contributed by atoms with Crippen LogP contribution in [0, 0.1) is 11.6 Å². The van der Waals surface area contributed by atoms with Gasteiger partial charge in [0.05, 0.1) is 11.4 Å². The molecule has 5 rings (SSSR count). The van der Waals surface area contributed by atoms with Crippen molar-refractivity contribution in [3.05, 3.63) is 81.9 Å². The molecular formula is C22H20F2N6O3S. The van der Waals surface area contributed by atoms with Crippen LogP contribution >= 0.6 is 0 Å². The first kappa shape index (κ1) is 22.3. The zero-order chi connectivity index (χ0) is 23.9. The quantitative estimate of drug-likeness (QED) is 0.464. The SMILES string of the molecule is O=c1[nH]c(C2CCN(S(=O)(=O)c3cccc(F)c3)CC2)nc2c1nnn2Cc1ccc(F)cc1. The Morgan fingerprint density at radius 1 is 1.03 bits per heavy atom. The van der Waals surface area contributed by atoms with Crippen molar-refractivity contribution in [3.8, 4) is 0 Å². The third-order valence-electron chi connectivity index (χ3n) is 5.91. The molecule has 1 saturated heterocycles. The minimum absolute atomic E-state index is 0.0883. The number of nitrogens with one attached hydrogen (secondary N) is 1. The van der Waals surface area contributed by atoms with Crippen LogP contribution in [0.1, 0.15) is 30.1 Å². The Balaban J connectivity index is 1.37. The molecule has 0 unspecified atom stereocenters. The Bertz CT molecular complexity index is 1510. The highest BCUT2D eigenvalue weighted by molar-refractivity contribution is 7.89. The van der Waals surface area contributed by atoms with Crippen LogP contribution in [0.3, 0.4) is 0 Å². The summed E-state index contributed by atoms with van der Waals surface area (Å²) in [5, 5.41) is 7.94. The van der Waals surface area contributed by atoms with Crippen LogP contribution in [0.2, 0.25) is 0 Å². The van der Waals surface area contributed by atoms with Gasteiger partial charge < -0.3 is 4.98 Å². The third kappa shape index (κ3) is 4.21. The van der Waals surface area contributed by atoms with E-state index < -0.39 is 21.4 Å². The van der Waals surface area contributed by atoms with Gasteiger partial charge in [-0.2, -0.15) is 4.31 Å². The summed E-state index contributed by atoms with van der Waals surface area (Å²) in [4.78, 5) is 19.8. The van der Waals surface area contributed by atoms with Crippen LogP contribution in [0.4, 0.5) is 8.78 Å². The van der Waals surface area contributed by atoms with Crippen molar-refractivity contribution in [1.29, 1.82) is 0 Å². The summed E-state index contributed by atoms with van der Waals surface area (Å²) in [6.07, 6.45) is 0.866. The molecule has 0 radical (unpaired) electrons. The van der Waals surface area contributed by atoms with Crippen LogP contribution < -0.4 is 5.56 Å². The number of hydrogen-bond acceptors (Lipinski definition) is 6. The van der Waals surface area contributed by atoms with Crippen molar-refractivity contribution in [1.82, 2.24) is 29.3 Å². The second kappa shape index (κ2) is 8.69. The van der Waals surface area contributed by atoms with E-state index in [4.69, 9.17) is 0 Å². The lowest BCUT2D eigenvalue weighted by Crippen LogP contribution is -2.38. The molecule has 12 heteroatoms. The summed E-state index contributed by atoms with van der Waals surface area (Å²) >= 11 is 0. The highest BCUT2D eigenvalue weighted by Gasteiger charge is 2.31. The summed E-state index contributed by atoms with van der Waals surface area (Å²) in [6, 6.07) is 10.8. The number of benzene rings is 2. The van der Waals surface area contributed by atoms with Gasteiger partial charge in [0, 0.05) is 19.0 Å². The van der Waals surface area contributed by atoms with Crippen LogP contribution in [0.25, 0.3) is 11.2 Å². The lowest BCUT2D eigenvalue weighted by atomic mass is 9.97. The van der Waals surface area contributed by atoms with Gasteiger partial charge in [0.25, 0.3) is 5.56 Å². The van der Waals surface area contributed by atoms with E-state index in [0.717, 1.165) is 11.6 Å². The van der Waals surface area contributed by atoms with E-state index in [2.05, 4.69) is 20.3 Å². The molecule has 0 amide bonds. The first-order chi connectivity index (χ1) is 16.3. The number of piperidine rings is 1. The van der Waals surface area contributed by atoms with Crippen molar-refractivity contribution in [2.75, 3.05) is 13.1 Å². The topological polar surface area (TPSA) is 114 Å². The molecule has 2 aromatic heterocycles. The second-order valence-electron chi connectivity index (χ2n) is 8.13. The number of sulfonamides is 1. The fourth-order valence-corrected chi connectivity index (χ4v) is 5.59. The smallest absolute Gasteiger partial charge is 0.281 e. The number of aromatic amines is 1. The van der Waals surface area contributed by atoms with Gasteiger partial charge in [-0.1, -0.05) is 23.4 Å². The standard InChI is InChI=1S/C22H20F2N6O3S/c23-16-6-4-14(5-7-16)13-30-21-19(27-28-30)22(31)26-20(25-21)15-8-10-29(11-9-15)34(32,33)18-3-1-2-17(24)12-18/h1-7,12,15H,8-11,13H2,(H,25,26,31). The van der Waals surface area contributed by atoms with Gasteiger partial charge in [-0.05, 0) is 48.7 Å². The Labute approximate surface area is 193 Å². The lowest BCUT2D eigenvalue weighted by molar-refractivity contribution is 0.313. The van der Waals surface area contributed by atoms with E-state index in [0.29, 0.717) is 24.3 Å². The van der Waals surface area contributed by atoms with Gasteiger partial charge in [-0.3, -0.25) is 4.79 Å². The summed E-state index contributed by atoms with van der Waals surface area (Å²) < 4.78 is 55.2. The molecule has 9 nitrogen and oxygen atoms in total. The second-order valence-corrected chi connectivity index (χ2v) is 10.1. The van der Waals surface area contributed by atoms with Gasteiger partial charge >= 0.3 is 0 Å². The first-order valence-electron chi connectivity index (χ1n) is 10.6. The monoisotopic (exact) mass is 486 g/mol. The molecule has 1 aliphatic rings. The Hall–Kier alpha value is -3.51. The van der Waals surface area contributed by atoms with Crippen LogP contribution in [-0.2, 0) is 16.6 Å². The van der Waals surface area contributed by atoms with Gasteiger partial charge in [-0.15, -0.1) is 5.10 Å². The maximum Gasteiger partial charge on any atom is 0.281 e. The van der Waals surface area contributed by atoms with E-state index >= 15 is 0 Å². The molecule has 176 valence electrons. The van der Waals surface area contributed by atoms with E-state index in [1.165, 1.54) is 39.3 Å². The average molecular weight is 487 g/mol. The molecule has 2 aromatic carbocycles. The minimum Gasteiger partial charge on any atom is -0.308 e. The highest BCUT2D eigenvalue weighted by Crippen LogP contribution is 2.29. The van der Waals surface area contributed by atoms with Crippen LogP contribution in [0.15, 0.2) is 58.2 Å². The van der Waals surface area contributed by atoms with E-state index in [9.17, 15) is 22.0 Å². The van der Waals surface area contributed by atoms with Gasteiger partial charge in [0.15, 0.2) is 11.2 Å². The largest absolute Gasteiger partial charge is 0.308 e. The predicted molar refractivity (Wildman–Crippen MR) is 119 cm³/mol. The van der Waals surface area contributed by atoms with E-state index in [1.807, 2.05) is 0 Å². The maximum absolute atomic E-state index is 13.5. The van der Waals surface area contributed by atoms with Gasteiger partial charge in [0.1, 0.15) is 17.5 Å². The summed E-state index contributed by atoms with van der Waals surface area (Å²) in [5.74, 6) is -0.708. The summed E-state index contributed by atoms with van der Waals surface area (Å²) in [7, 11) is -3.82. The number of fused-ring (bicyclic) bond motifs is 1. The van der Waals surface area contributed by atoms with Crippen molar-refractivity contribution < 1.29 is 17.2 Å². The molecule has 0 atom stereocenters. The molecule has 0 saturated carbocycles. The molecule has 34 heavy (non-hydrogen) atoms. The molecule has 3 heterocycles. The third-order valence-corrected chi connectivity index (χ3v) is 7.81. The number of hydrogen-bond donors (Lipinski definition) is 1. The number of H-pyrrole nitrogens is 1. The predicted octanol–water partition coefficient (Wildman–Crippen LogP) is 2.41. The van der Waals surface area contributed by atoms with E-state index in [-0.39, 0.29) is 41.8 Å². The zero-order valence-electron chi connectivity index (χ0n) is 17.9. The minimum atomic E-state index is -3.82. The molecule has 1 fully saturated rings.